The molecule has 2 aromatic heterocycles. The average Bonchev–Trinajstić information content (AvgIpc) is 3.58. The lowest BCUT2D eigenvalue weighted by Gasteiger charge is -2.37. The third-order valence-corrected chi connectivity index (χ3v) is 7.23. The summed E-state index contributed by atoms with van der Waals surface area (Å²) in [5, 5.41) is 15.1. The third kappa shape index (κ3) is 3.97. The number of aliphatic imine (C=N–C) groups is 2. The molecule has 5 heterocycles. The molecule has 0 amide bonds. The number of rotatable bonds is 3. The number of hydrogen-bond donors (Lipinski definition) is 2. The summed E-state index contributed by atoms with van der Waals surface area (Å²) in [5.41, 5.74) is 2.77. The molecule has 9 nitrogen and oxygen atoms in total. The Balaban J connectivity index is 1.31. The molecule has 0 radical (unpaired) electrons. The van der Waals surface area contributed by atoms with E-state index >= 15 is 0 Å². The molecule has 1 saturated heterocycles. The van der Waals surface area contributed by atoms with Crippen LogP contribution in [-0.4, -0.2) is 70.5 Å². The second-order valence-electron chi connectivity index (χ2n) is 7.89. The normalized spacial score (nSPS) is 23.8. The Bertz CT molecular complexity index is 1230. The van der Waals surface area contributed by atoms with Crippen molar-refractivity contribution in [1.82, 2.24) is 25.2 Å². The number of H-pyrrole nitrogens is 1. The SMILES string of the molecule is Clc1cc2nc(CN=C3NC(N4CCOCC4)=NC4C(c5ccsc5)C=NN34)[nH]c2cc1Cl. The number of ether oxygens (including phenoxy) is 1. The summed E-state index contributed by atoms with van der Waals surface area (Å²) >= 11 is 13.9. The van der Waals surface area contributed by atoms with Crippen LogP contribution in [0.25, 0.3) is 11.0 Å². The molecule has 0 spiro atoms. The van der Waals surface area contributed by atoms with E-state index in [9.17, 15) is 0 Å². The number of morpholine rings is 1. The van der Waals surface area contributed by atoms with Crippen molar-refractivity contribution in [3.05, 3.63) is 50.4 Å². The Labute approximate surface area is 203 Å². The zero-order chi connectivity index (χ0) is 22.4. The standard InChI is InChI=1S/C21H20Cl2N8OS/c22-14-7-16-17(8-15(14)23)27-18(26-16)10-24-20-29-21(30-2-4-32-5-3-30)28-19-13(9-25-31(19)20)12-1-6-33-11-12/h1,6-9,11,13,19H,2-5,10H2,(H,26,27)(H,24,28,29). The number of aromatic amines is 1. The van der Waals surface area contributed by atoms with E-state index in [2.05, 4.69) is 42.1 Å². The van der Waals surface area contributed by atoms with E-state index in [1.165, 1.54) is 5.56 Å². The number of benzene rings is 1. The predicted octanol–water partition coefficient (Wildman–Crippen LogP) is 3.49. The molecule has 1 aromatic carbocycles. The molecule has 2 N–H and O–H groups in total. The van der Waals surface area contributed by atoms with E-state index < -0.39 is 0 Å². The Hall–Kier alpha value is -2.66. The van der Waals surface area contributed by atoms with Gasteiger partial charge in [0.05, 0.1) is 40.2 Å². The van der Waals surface area contributed by atoms with Crippen LogP contribution in [0.1, 0.15) is 17.3 Å². The number of hydrogen-bond acceptors (Lipinski definition) is 7. The lowest BCUT2D eigenvalue weighted by Crippen LogP contribution is -2.57. The molecule has 2 unspecified atom stereocenters. The number of nitrogens with zero attached hydrogens (tertiary/aromatic N) is 6. The van der Waals surface area contributed by atoms with E-state index in [-0.39, 0.29) is 12.1 Å². The summed E-state index contributed by atoms with van der Waals surface area (Å²) < 4.78 is 5.52. The van der Waals surface area contributed by atoms with Crippen LogP contribution < -0.4 is 5.32 Å². The number of imidazole rings is 1. The predicted molar refractivity (Wildman–Crippen MR) is 131 cm³/mol. The molecule has 3 aliphatic heterocycles. The van der Waals surface area contributed by atoms with Gasteiger partial charge in [0.25, 0.3) is 0 Å². The number of thiophene rings is 1. The summed E-state index contributed by atoms with van der Waals surface area (Å²) in [4.78, 5) is 19.9. The van der Waals surface area contributed by atoms with Crippen LogP contribution in [0.3, 0.4) is 0 Å². The number of fused-ring (bicyclic) bond motifs is 2. The number of aromatic nitrogens is 2. The highest BCUT2D eigenvalue weighted by atomic mass is 35.5. The molecule has 6 rings (SSSR count). The van der Waals surface area contributed by atoms with Crippen molar-refractivity contribution in [2.45, 2.75) is 18.6 Å². The summed E-state index contributed by atoms with van der Waals surface area (Å²) in [5.74, 6) is 2.21. The smallest absolute Gasteiger partial charge is 0.224 e. The van der Waals surface area contributed by atoms with E-state index in [0.29, 0.717) is 41.6 Å². The minimum Gasteiger partial charge on any atom is -0.378 e. The minimum absolute atomic E-state index is 0.0649. The highest BCUT2D eigenvalue weighted by Crippen LogP contribution is 2.32. The first-order chi connectivity index (χ1) is 16.2. The van der Waals surface area contributed by atoms with Gasteiger partial charge in [-0.3, -0.25) is 5.32 Å². The van der Waals surface area contributed by atoms with Gasteiger partial charge in [0.1, 0.15) is 12.4 Å². The summed E-state index contributed by atoms with van der Waals surface area (Å²) in [7, 11) is 0. The topological polar surface area (TPSA) is 93.5 Å². The molecule has 0 bridgehead atoms. The van der Waals surface area contributed by atoms with Crippen LogP contribution in [0.2, 0.25) is 10.0 Å². The first-order valence-corrected chi connectivity index (χ1v) is 12.3. The van der Waals surface area contributed by atoms with Gasteiger partial charge in [-0.15, -0.1) is 0 Å². The first kappa shape index (κ1) is 20.9. The van der Waals surface area contributed by atoms with E-state index in [1.807, 2.05) is 11.2 Å². The maximum atomic E-state index is 6.14. The minimum atomic E-state index is -0.189. The van der Waals surface area contributed by atoms with Gasteiger partial charge in [-0.25, -0.2) is 20.0 Å². The molecule has 2 atom stereocenters. The largest absolute Gasteiger partial charge is 0.378 e. The monoisotopic (exact) mass is 502 g/mol. The van der Waals surface area contributed by atoms with Crippen molar-refractivity contribution >= 4 is 63.7 Å². The van der Waals surface area contributed by atoms with Gasteiger partial charge in [-0.1, -0.05) is 23.2 Å². The van der Waals surface area contributed by atoms with Crippen LogP contribution in [0, 0.1) is 0 Å². The fraction of sp³-hybridized carbons (Fsp3) is 0.333. The third-order valence-electron chi connectivity index (χ3n) is 5.81. The van der Waals surface area contributed by atoms with Crippen molar-refractivity contribution < 1.29 is 4.74 Å². The molecule has 0 aliphatic carbocycles. The quantitative estimate of drug-likeness (QED) is 0.571. The number of nitrogens with one attached hydrogen (secondary N) is 2. The fourth-order valence-corrected chi connectivity index (χ4v) is 5.15. The van der Waals surface area contributed by atoms with Crippen molar-refractivity contribution in [1.29, 1.82) is 0 Å². The number of halogens is 2. The first-order valence-electron chi connectivity index (χ1n) is 10.6. The summed E-state index contributed by atoms with van der Waals surface area (Å²) in [6.45, 7) is 3.25. The Morgan fingerprint density at radius 3 is 2.88 bits per heavy atom. The second-order valence-corrected chi connectivity index (χ2v) is 9.48. The maximum absolute atomic E-state index is 6.14. The molecule has 1 fully saturated rings. The summed E-state index contributed by atoms with van der Waals surface area (Å²) in [6, 6.07) is 5.65. The maximum Gasteiger partial charge on any atom is 0.224 e. The number of hydrazone groups is 1. The van der Waals surface area contributed by atoms with E-state index in [0.717, 1.165) is 30.1 Å². The van der Waals surface area contributed by atoms with Crippen molar-refractivity contribution in [2.75, 3.05) is 26.3 Å². The zero-order valence-electron chi connectivity index (χ0n) is 17.4. The van der Waals surface area contributed by atoms with Crippen LogP contribution in [0.4, 0.5) is 0 Å². The second kappa shape index (κ2) is 8.60. The molecular formula is C21H20Cl2N8OS. The van der Waals surface area contributed by atoms with Gasteiger partial charge in [0.15, 0.2) is 6.17 Å². The van der Waals surface area contributed by atoms with E-state index in [4.69, 9.17) is 37.9 Å². The van der Waals surface area contributed by atoms with Crippen LogP contribution in [0.5, 0.6) is 0 Å². The molecule has 0 saturated carbocycles. The van der Waals surface area contributed by atoms with Crippen molar-refractivity contribution in [3.63, 3.8) is 0 Å². The van der Waals surface area contributed by atoms with Gasteiger partial charge in [0, 0.05) is 19.3 Å². The van der Waals surface area contributed by atoms with Crippen LogP contribution in [0.15, 0.2) is 44.0 Å². The van der Waals surface area contributed by atoms with Gasteiger partial charge < -0.3 is 14.6 Å². The van der Waals surface area contributed by atoms with Gasteiger partial charge >= 0.3 is 0 Å². The lowest BCUT2D eigenvalue weighted by atomic mass is 10.0. The Morgan fingerprint density at radius 2 is 2.06 bits per heavy atom. The molecule has 3 aliphatic rings. The molecular weight excluding hydrogens is 483 g/mol. The Morgan fingerprint density at radius 1 is 1.21 bits per heavy atom. The van der Waals surface area contributed by atoms with Crippen LogP contribution >= 0.6 is 34.5 Å². The highest BCUT2D eigenvalue weighted by Gasteiger charge is 2.39. The van der Waals surface area contributed by atoms with Gasteiger partial charge in [0.2, 0.25) is 11.9 Å². The fourth-order valence-electron chi connectivity index (χ4n) is 4.12. The zero-order valence-corrected chi connectivity index (χ0v) is 19.7. The molecule has 3 aromatic rings. The van der Waals surface area contributed by atoms with Gasteiger partial charge in [-0.05, 0) is 34.5 Å². The van der Waals surface area contributed by atoms with Crippen LogP contribution in [-0.2, 0) is 11.3 Å². The van der Waals surface area contributed by atoms with E-state index in [1.54, 1.807) is 23.5 Å². The summed E-state index contributed by atoms with van der Waals surface area (Å²) in [6.07, 6.45) is 1.76. The molecule has 170 valence electrons. The van der Waals surface area contributed by atoms with Crippen molar-refractivity contribution in [2.24, 2.45) is 15.1 Å². The Kier molecular flexibility index (Phi) is 5.45. The van der Waals surface area contributed by atoms with Gasteiger partial charge in [-0.2, -0.15) is 16.4 Å². The average molecular weight is 503 g/mol. The van der Waals surface area contributed by atoms with Crippen molar-refractivity contribution in [3.8, 4) is 0 Å². The highest BCUT2D eigenvalue weighted by molar-refractivity contribution is 7.08. The number of guanidine groups is 2. The molecule has 12 heteroatoms. The lowest BCUT2D eigenvalue weighted by molar-refractivity contribution is 0.0660. The molecule has 33 heavy (non-hydrogen) atoms.